The van der Waals surface area contributed by atoms with Gasteiger partial charge in [0.25, 0.3) is 0 Å². The molecule has 1 aromatic rings. The van der Waals surface area contributed by atoms with Crippen LogP contribution >= 0.6 is 0 Å². The van der Waals surface area contributed by atoms with Crippen LogP contribution in [-0.2, 0) is 14.8 Å². The van der Waals surface area contributed by atoms with Gasteiger partial charge in [0.15, 0.2) is 11.5 Å². The molecular weight excluding hydrogens is 346 g/mol. The Morgan fingerprint density at radius 1 is 1.12 bits per heavy atom. The van der Waals surface area contributed by atoms with Gasteiger partial charge in [0.05, 0.1) is 10.9 Å². The lowest BCUT2D eigenvalue weighted by atomic mass is 10.2. The number of ether oxygens (including phenoxy) is 2. The van der Waals surface area contributed by atoms with E-state index in [0.717, 1.165) is 0 Å². The highest BCUT2D eigenvalue weighted by Crippen LogP contribution is 2.33. The van der Waals surface area contributed by atoms with Crippen molar-refractivity contribution in [3.8, 4) is 11.5 Å². The summed E-state index contributed by atoms with van der Waals surface area (Å²) in [5, 5.41) is 0. The second-order valence-electron chi connectivity index (χ2n) is 6.18. The SMILES string of the molecule is CC(C(N)=O)N1CCCN(S(=O)(=O)c2ccc3c(c2)OCCO3)CC1. The first kappa shape index (κ1) is 18.0. The number of rotatable bonds is 4. The largest absolute Gasteiger partial charge is 0.486 e. The maximum absolute atomic E-state index is 13.0. The van der Waals surface area contributed by atoms with Gasteiger partial charge in [-0.05, 0) is 25.5 Å². The lowest BCUT2D eigenvalue weighted by molar-refractivity contribution is -0.122. The number of carbonyl (C=O) groups is 1. The summed E-state index contributed by atoms with van der Waals surface area (Å²) in [7, 11) is -3.63. The molecule has 0 saturated carbocycles. The predicted molar refractivity (Wildman–Crippen MR) is 91.0 cm³/mol. The second kappa shape index (κ2) is 7.19. The van der Waals surface area contributed by atoms with E-state index in [-0.39, 0.29) is 4.90 Å². The molecule has 0 spiro atoms. The van der Waals surface area contributed by atoms with E-state index in [2.05, 4.69) is 0 Å². The highest BCUT2D eigenvalue weighted by molar-refractivity contribution is 7.89. The fourth-order valence-electron chi connectivity index (χ4n) is 3.05. The van der Waals surface area contributed by atoms with Crippen LogP contribution in [0.4, 0.5) is 0 Å². The van der Waals surface area contributed by atoms with Gasteiger partial charge in [0.1, 0.15) is 13.2 Å². The number of benzene rings is 1. The van der Waals surface area contributed by atoms with Crippen LogP contribution in [-0.4, -0.2) is 69.0 Å². The molecule has 8 nitrogen and oxygen atoms in total. The first-order chi connectivity index (χ1) is 11.9. The van der Waals surface area contributed by atoms with Crippen molar-refractivity contribution in [3.05, 3.63) is 18.2 Å². The monoisotopic (exact) mass is 369 g/mol. The maximum Gasteiger partial charge on any atom is 0.243 e. The molecule has 2 aliphatic rings. The van der Waals surface area contributed by atoms with Crippen LogP contribution in [0.15, 0.2) is 23.1 Å². The van der Waals surface area contributed by atoms with Crippen molar-refractivity contribution >= 4 is 15.9 Å². The van der Waals surface area contributed by atoms with Crippen molar-refractivity contribution in [2.24, 2.45) is 5.73 Å². The number of carbonyl (C=O) groups excluding carboxylic acids is 1. The summed E-state index contributed by atoms with van der Waals surface area (Å²) in [6, 6.07) is 4.27. The Morgan fingerprint density at radius 2 is 1.84 bits per heavy atom. The third kappa shape index (κ3) is 3.73. The standard InChI is InChI=1S/C16H23N3O5S/c1-12(16(17)20)18-5-2-6-19(8-7-18)25(21,22)13-3-4-14-15(11-13)24-10-9-23-14/h3-4,11-12H,2,5-10H2,1H3,(H2,17,20). The first-order valence-electron chi connectivity index (χ1n) is 8.33. The molecule has 0 aliphatic carbocycles. The molecule has 0 bridgehead atoms. The highest BCUT2D eigenvalue weighted by atomic mass is 32.2. The smallest absolute Gasteiger partial charge is 0.243 e. The van der Waals surface area contributed by atoms with E-state index in [1.165, 1.54) is 16.4 Å². The van der Waals surface area contributed by atoms with Crippen molar-refractivity contribution in [3.63, 3.8) is 0 Å². The first-order valence-corrected chi connectivity index (χ1v) is 9.77. The summed E-state index contributed by atoms with van der Waals surface area (Å²) in [4.78, 5) is 13.5. The summed E-state index contributed by atoms with van der Waals surface area (Å²) >= 11 is 0. The fourth-order valence-corrected chi connectivity index (χ4v) is 4.54. The lowest BCUT2D eigenvalue weighted by Gasteiger charge is -2.25. The van der Waals surface area contributed by atoms with Gasteiger partial charge in [-0.25, -0.2) is 8.42 Å². The zero-order valence-corrected chi connectivity index (χ0v) is 15.0. The molecule has 1 unspecified atom stereocenters. The van der Waals surface area contributed by atoms with Crippen molar-refractivity contribution in [2.45, 2.75) is 24.3 Å². The molecule has 2 aliphatic heterocycles. The number of nitrogens with two attached hydrogens (primary N) is 1. The van der Waals surface area contributed by atoms with Gasteiger partial charge in [-0.2, -0.15) is 4.31 Å². The van der Waals surface area contributed by atoms with Crippen LogP contribution in [0.25, 0.3) is 0 Å². The van der Waals surface area contributed by atoms with E-state index >= 15 is 0 Å². The van der Waals surface area contributed by atoms with Crippen LogP contribution in [0.1, 0.15) is 13.3 Å². The summed E-state index contributed by atoms with van der Waals surface area (Å²) in [6.07, 6.45) is 0.640. The lowest BCUT2D eigenvalue weighted by Crippen LogP contribution is -2.44. The normalized spacial score (nSPS) is 20.7. The number of amides is 1. The Hall–Kier alpha value is -1.84. The van der Waals surface area contributed by atoms with Crippen LogP contribution in [0.5, 0.6) is 11.5 Å². The minimum Gasteiger partial charge on any atom is -0.486 e. The van der Waals surface area contributed by atoms with E-state index in [0.29, 0.717) is 57.3 Å². The van der Waals surface area contributed by atoms with Crippen LogP contribution in [0.2, 0.25) is 0 Å². The van der Waals surface area contributed by atoms with E-state index < -0.39 is 22.0 Å². The number of primary amides is 1. The van der Waals surface area contributed by atoms with Gasteiger partial charge in [0, 0.05) is 32.2 Å². The van der Waals surface area contributed by atoms with Gasteiger partial charge in [-0.1, -0.05) is 0 Å². The Bertz CT molecular complexity index is 752. The van der Waals surface area contributed by atoms with Crippen molar-refractivity contribution < 1.29 is 22.7 Å². The minimum absolute atomic E-state index is 0.188. The molecule has 138 valence electrons. The molecule has 1 amide bonds. The average Bonchev–Trinajstić information content (AvgIpc) is 2.87. The quantitative estimate of drug-likeness (QED) is 0.803. The number of hydrogen-bond acceptors (Lipinski definition) is 6. The van der Waals surface area contributed by atoms with Crippen molar-refractivity contribution in [1.29, 1.82) is 0 Å². The summed E-state index contributed by atoms with van der Waals surface area (Å²) in [6.45, 7) is 4.42. The third-order valence-electron chi connectivity index (χ3n) is 4.60. The number of nitrogens with zero attached hydrogens (tertiary/aromatic N) is 2. The zero-order valence-electron chi connectivity index (χ0n) is 14.2. The molecule has 2 N–H and O–H groups in total. The van der Waals surface area contributed by atoms with Crippen molar-refractivity contribution in [2.75, 3.05) is 39.4 Å². The Balaban J connectivity index is 1.77. The Labute approximate surface area is 147 Å². The summed E-state index contributed by atoms with van der Waals surface area (Å²) in [5.41, 5.74) is 5.36. The zero-order chi connectivity index (χ0) is 18.0. The Morgan fingerprint density at radius 3 is 2.56 bits per heavy atom. The number of sulfonamides is 1. The van der Waals surface area contributed by atoms with Gasteiger partial charge in [0.2, 0.25) is 15.9 Å². The number of hydrogen-bond donors (Lipinski definition) is 1. The predicted octanol–water partition coefficient (Wildman–Crippen LogP) is 0.0280. The Kier molecular flexibility index (Phi) is 5.16. The van der Waals surface area contributed by atoms with Crippen LogP contribution in [0, 0.1) is 0 Å². The molecule has 9 heteroatoms. The average molecular weight is 369 g/mol. The second-order valence-corrected chi connectivity index (χ2v) is 8.12. The molecule has 0 aromatic heterocycles. The number of fused-ring (bicyclic) bond motifs is 1. The minimum atomic E-state index is -3.63. The molecule has 2 heterocycles. The molecule has 1 fully saturated rings. The molecule has 1 aromatic carbocycles. The summed E-state index contributed by atoms with van der Waals surface area (Å²) in [5.74, 6) is 0.608. The van der Waals surface area contributed by atoms with Gasteiger partial charge >= 0.3 is 0 Å². The fraction of sp³-hybridized carbons (Fsp3) is 0.562. The van der Waals surface area contributed by atoms with Gasteiger partial charge in [-0.3, -0.25) is 9.69 Å². The molecule has 25 heavy (non-hydrogen) atoms. The molecule has 1 saturated heterocycles. The maximum atomic E-state index is 13.0. The van der Waals surface area contributed by atoms with Crippen LogP contribution < -0.4 is 15.2 Å². The van der Waals surface area contributed by atoms with E-state index in [1.807, 2.05) is 4.90 Å². The van der Waals surface area contributed by atoms with Gasteiger partial charge < -0.3 is 15.2 Å². The van der Waals surface area contributed by atoms with Crippen molar-refractivity contribution in [1.82, 2.24) is 9.21 Å². The van der Waals surface area contributed by atoms with E-state index in [1.54, 1.807) is 13.0 Å². The van der Waals surface area contributed by atoms with E-state index in [4.69, 9.17) is 15.2 Å². The highest BCUT2D eigenvalue weighted by Gasteiger charge is 2.30. The summed E-state index contributed by atoms with van der Waals surface area (Å²) < 4.78 is 38.3. The van der Waals surface area contributed by atoms with Crippen LogP contribution in [0.3, 0.4) is 0 Å². The molecular formula is C16H23N3O5S. The topological polar surface area (TPSA) is 102 Å². The molecule has 1 atom stereocenters. The third-order valence-corrected chi connectivity index (χ3v) is 6.49. The van der Waals surface area contributed by atoms with E-state index in [9.17, 15) is 13.2 Å². The molecule has 3 rings (SSSR count). The molecule has 0 radical (unpaired) electrons. The van der Waals surface area contributed by atoms with Gasteiger partial charge in [-0.15, -0.1) is 0 Å².